The van der Waals surface area contributed by atoms with E-state index in [1.165, 1.54) is 18.9 Å². The van der Waals surface area contributed by atoms with Crippen LogP contribution in [-0.4, -0.2) is 17.5 Å². The fourth-order valence-electron chi connectivity index (χ4n) is 2.77. The van der Waals surface area contributed by atoms with Gasteiger partial charge in [0, 0.05) is 18.2 Å². The molecule has 0 radical (unpaired) electrons. The molecule has 2 nitrogen and oxygen atoms in total. The van der Waals surface area contributed by atoms with Crippen molar-refractivity contribution in [2.24, 2.45) is 5.92 Å². The number of hydrogen-bond donors (Lipinski definition) is 0. The molecule has 1 atom stereocenters. The summed E-state index contributed by atoms with van der Waals surface area (Å²) in [5.74, 6) is 0.345. The van der Waals surface area contributed by atoms with Gasteiger partial charge in [0.05, 0.1) is 11.6 Å². The van der Waals surface area contributed by atoms with E-state index in [4.69, 9.17) is 5.26 Å². The van der Waals surface area contributed by atoms with Gasteiger partial charge in [0.25, 0.3) is 0 Å². The Morgan fingerprint density at radius 1 is 1.50 bits per heavy atom. The number of rotatable bonds is 3. The maximum absolute atomic E-state index is 13.8. The van der Waals surface area contributed by atoms with Crippen molar-refractivity contribution in [2.45, 2.75) is 39.3 Å². The Morgan fingerprint density at radius 3 is 2.89 bits per heavy atom. The van der Waals surface area contributed by atoms with Gasteiger partial charge in [-0.2, -0.15) is 5.26 Å². The molecule has 1 aliphatic heterocycles. The lowest BCUT2D eigenvalue weighted by atomic mass is 10.0. The Bertz CT molecular complexity index is 462. The minimum Gasteiger partial charge on any atom is -0.296 e. The Hall–Kier alpha value is -1.40. The molecule has 0 amide bonds. The first-order valence-corrected chi connectivity index (χ1v) is 6.54. The average Bonchev–Trinajstić information content (AvgIpc) is 2.80. The first kappa shape index (κ1) is 13.0. The first-order chi connectivity index (χ1) is 8.61. The first-order valence-electron chi connectivity index (χ1n) is 6.54. The molecule has 1 aromatic carbocycles. The lowest BCUT2D eigenvalue weighted by Crippen LogP contribution is -2.33. The normalized spacial score (nSPS) is 20.3. The van der Waals surface area contributed by atoms with E-state index < -0.39 is 0 Å². The molecule has 2 rings (SSSR count). The number of hydrogen-bond acceptors (Lipinski definition) is 2. The van der Waals surface area contributed by atoms with E-state index in [0.717, 1.165) is 6.54 Å². The third kappa shape index (κ3) is 2.70. The van der Waals surface area contributed by atoms with Gasteiger partial charge in [-0.25, -0.2) is 4.39 Å². The molecule has 96 valence electrons. The predicted octanol–water partition coefficient (Wildman–Crippen LogP) is 3.32. The van der Waals surface area contributed by atoms with E-state index in [1.54, 1.807) is 12.1 Å². The number of halogens is 1. The molecule has 0 bridgehead atoms. The Labute approximate surface area is 108 Å². The second kappa shape index (κ2) is 5.49. The molecule has 0 aromatic heterocycles. The van der Waals surface area contributed by atoms with Gasteiger partial charge < -0.3 is 0 Å². The zero-order valence-electron chi connectivity index (χ0n) is 11.0. The number of nitriles is 1. The molecule has 1 unspecified atom stereocenters. The summed E-state index contributed by atoms with van der Waals surface area (Å²) in [5.41, 5.74) is 1.08. The molecule has 0 spiro atoms. The summed E-state index contributed by atoms with van der Waals surface area (Å²) >= 11 is 0. The fraction of sp³-hybridized carbons (Fsp3) is 0.533. The van der Waals surface area contributed by atoms with Crippen LogP contribution in [0.15, 0.2) is 18.2 Å². The minimum absolute atomic E-state index is 0.261. The zero-order valence-corrected chi connectivity index (χ0v) is 11.0. The SMILES string of the molecule is CC(C)C1CCCN1Cc1ccc(C#N)cc1F. The van der Waals surface area contributed by atoms with Crippen molar-refractivity contribution in [1.82, 2.24) is 4.90 Å². The molecule has 3 heteroatoms. The third-order valence-corrected chi connectivity index (χ3v) is 3.74. The number of likely N-dealkylation sites (tertiary alicyclic amines) is 1. The lowest BCUT2D eigenvalue weighted by Gasteiger charge is -2.27. The quantitative estimate of drug-likeness (QED) is 0.818. The van der Waals surface area contributed by atoms with E-state index >= 15 is 0 Å². The van der Waals surface area contributed by atoms with Crippen molar-refractivity contribution >= 4 is 0 Å². The topological polar surface area (TPSA) is 27.0 Å². The Morgan fingerprint density at radius 2 is 2.28 bits per heavy atom. The van der Waals surface area contributed by atoms with Crippen molar-refractivity contribution in [3.05, 3.63) is 35.1 Å². The van der Waals surface area contributed by atoms with Crippen LogP contribution in [0.2, 0.25) is 0 Å². The second-order valence-electron chi connectivity index (χ2n) is 5.34. The Kier molecular flexibility index (Phi) is 3.98. The molecule has 0 N–H and O–H groups in total. The largest absolute Gasteiger partial charge is 0.296 e. The van der Waals surface area contributed by atoms with Crippen LogP contribution in [0.4, 0.5) is 4.39 Å². The van der Waals surface area contributed by atoms with Gasteiger partial charge in [-0.05, 0) is 37.4 Å². The van der Waals surface area contributed by atoms with Gasteiger partial charge in [-0.15, -0.1) is 0 Å². The van der Waals surface area contributed by atoms with E-state index in [0.29, 0.717) is 29.6 Å². The summed E-state index contributed by atoms with van der Waals surface area (Å²) in [6.45, 7) is 6.14. The smallest absolute Gasteiger partial charge is 0.129 e. The standard InChI is InChI=1S/C15H19FN2/c1-11(2)15-4-3-7-18(15)10-13-6-5-12(9-17)8-14(13)16/h5-6,8,11,15H,3-4,7,10H2,1-2H3. The molecule has 1 fully saturated rings. The van der Waals surface area contributed by atoms with Crippen LogP contribution in [0.5, 0.6) is 0 Å². The molecular formula is C15H19FN2. The fourth-order valence-corrected chi connectivity index (χ4v) is 2.77. The van der Waals surface area contributed by atoms with Crippen LogP contribution in [-0.2, 0) is 6.54 Å². The van der Waals surface area contributed by atoms with Crippen molar-refractivity contribution in [3.63, 3.8) is 0 Å². The van der Waals surface area contributed by atoms with Crippen LogP contribution in [0.25, 0.3) is 0 Å². The van der Waals surface area contributed by atoms with Gasteiger partial charge in [0.2, 0.25) is 0 Å². The van der Waals surface area contributed by atoms with Crippen LogP contribution >= 0.6 is 0 Å². The highest BCUT2D eigenvalue weighted by Crippen LogP contribution is 2.26. The van der Waals surface area contributed by atoms with E-state index in [2.05, 4.69) is 18.7 Å². The van der Waals surface area contributed by atoms with Crippen LogP contribution in [0.3, 0.4) is 0 Å². The maximum atomic E-state index is 13.8. The highest BCUT2D eigenvalue weighted by Gasteiger charge is 2.27. The molecule has 1 aromatic rings. The summed E-state index contributed by atoms with van der Waals surface area (Å²) in [6, 6.07) is 7.28. The van der Waals surface area contributed by atoms with Crippen LogP contribution in [0, 0.1) is 23.1 Å². The van der Waals surface area contributed by atoms with Crippen LogP contribution in [0.1, 0.15) is 37.8 Å². The highest BCUT2D eigenvalue weighted by atomic mass is 19.1. The lowest BCUT2D eigenvalue weighted by molar-refractivity contribution is 0.196. The van der Waals surface area contributed by atoms with Crippen LogP contribution < -0.4 is 0 Å². The van der Waals surface area contributed by atoms with E-state index in [1.807, 2.05) is 6.07 Å². The van der Waals surface area contributed by atoms with Crippen molar-refractivity contribution in [3.8, 4) is 6.07 Å². The molecule has 1 saturated heterocycles. The molecule has 18 heavy (non-hydrogen) atoms. The number of nitrogens with zero attached hydrogens (tertiary/aromatic N) is 2. The molecule has 0 aliphatic carbocycles. The van der Waals surface area contributed by atoms with E-state index in [-0.39, 0.29) is 5.82 Å². The molecule has 1 heterocycles. The second-order valence-corrected chi connectivity index (χ2v) is 5.34. The van der Waals surface area contributed by atoms with Gasteiger partial charge >= 0.3 is 0 Å². The third-order valence-electron chi connectivity index (χ3n) is 3.74. The van der Waals surface area contributed by atoms with Gasteiger partial charge in [0.15, 0.2) is 0 Å². The van der Waals surface area contributed by atoms with E-state index in [9.17, 15) is 4.39 Å². The monoisotopic (exact) mass is 246 g/mol. The van der Waals surface area contributed by atoms with Crippen molar-refractivity contribution in [2.75, 3.05) is 6.54 Å². The summed E-state index contributed by atoms with van der Waals surface area (Å²) in [6.07, 6.45) is 2.40. The predicted molar refractivity (Wildman–Crippen MR) is 69.4 cm³/mol. The summed E-state index contributed by atoms with van der Waals surface area (Å²) in [5, 5.41) is 8.72. The summed E-state index contributed by atoms with van der Waals surface area (Å²) < 4.78 is 13.8. The van der Waals surface area contributed by atoms with Gasteiger partial charge in [-0.1, -0.05) is 19.9 Å². The van der Waals surface area contributed by atoms with Gasteiger partial charge in [0.1, 0.15) is 5.82 Å². The summed E-state index contributed by atoms with van der Waals surface area (Å²) in [4.78, 5) is 2.36. The Balaban J connectivity index is 2.12. The average molecular weight is 246 g/mol. The van der Waals surface area contributed by atoms with Crippen molar-refractivity contribution < 1.29 is 4.39 Å². The number of benzene rings is 1. The minimum atomic E-state index is -0.261. The molecular weight excluding hydrogens is 227 g/mol. The molecule has 0 saturated carbocycles. The maximum Gasteiger partial charge on any atom is 0.129 e. The summed E-state index contributed by atoms with van der Waals surface area (Å²) in [7, 11) is 0. The molecule has 1 aliphatic rings. The zero-order chi connectivity index (χ0) is 13.1. The highest BCUT2D eigenvalue weighted by molar-refractivity contribution is 5.32. The van der Waals surface area contributed by atoms with Gasteiger partial charge in [-0.3, -0.25) is 4.90 Å². The van der Waals surface area contributed by atoms with Crippen molar-refractivity contribution in [1.29, 1.82) is 5.26 Å².